The molecule has 144 valence electrons. The van der Waals surface area contributed by atoms with Crippen LogP contribution in [0.1, 0.15) is 54.9 Å². The topological polar surface area (TPSA) is 106 Å². The molecule has 4 aromatic rings. The van der Waals surface area contributed by atoms with Crippen molar-refractivity contribution in [2.24, 2.45) is 0 Å². The van der Waals surface area contributed by atoms with Crippen LogP contribution in [0.2, 0.25) is 0 Å². The van der Waals surface area contributed by atoms with Crippen molar-refractivity contribution in [2.45, 2.75) is 39.4 Å². The summed E-state index contributed by atoms with van der Waals surface area (Å²) < 4.78 is 3.95. The minimum atomic E-state index is -0.282. The molecule has 0 fully saturated rings. The molecule has 0 spiro atoms. The van der Waals surface area contributed by atoms with Gasteiger partial charge in [-0.1, -0.05) is 12.1 Å². The number of aromatic amines is 1. The SMILES string of the molecule is CC(C)n1cnnc1[C@H](C)NC(=O)c1cc(Cn2cnc3ccccc32)[nH]n1. The number of fused-ring (bicyclic) bond motifs is 1. The van der Waals surface area contributed by atoms with Crippen molar-refractivity contribution in [3.8, 4) is 0 Å². The van der Waals surface area contributed by atoms with Gasteiger partial charge in [0, 0.05) is 6.04 Å². The number of amides is 1. The molecule has 0 aliphatic rings. The molecule has 28 heavy (non-hydrogen) atoms. The van der Waals surface area contributed by atoms with Crippen molar-refractivity contribution in [1.82, 2.24) is 39.8 Å². The summed E-state index contributed by atoms with van der Waals surface area (Å²) in [5.74, 6) is 0.452. The van der Waals surface area contributed by atoms with E-state index in [0.29, 0.717) is 18.1 Å². The van der Waals surface area contributed by atoms with E-state index in [1.54, 1.807) is 18.7 Å². The average Bonchev–Trinajstić information content (AvgIpc) is 3.42. The predicted octanol–water partition coefficient (Wildman–Crippen LogP) is 2.47. The Morgan fingerprint density at radius 1 is 1.21 bits per heavy atom. The van der Waals surface area contributed by atoms with E-state index in [0.717, 1.165) is 16.7 Å². The zero-order chi connectivity index (χ0) is 19.7. The Kier molecular flexibility index (Phi) is 4.64. The van der Waals surface area contributed by atoms with Crippen LogP contribution in [0.15, 0.2) is 43.0 Å². The molecule has 9 nitrogen and oxygen atoms in total. The van der Waals surface area contributed by atoms with Crippen LogP contribution in [-0.2, 0) is 6.54 Å². The van der Waals surface area contributed by atoms with E-state index in [9.17, 15) is 4.79 Å². The standard InChI is InChI=1S/C19H22N8O/c1-12(2)27-11-21-25-18(27)13(3)22-19(28)16-8-14(23-24-16)9-26-10-20-15-6-4-5-7-17(15)26/h4-8,10-13H,9H2,1-3H3,(H,22,28)(H,23,24)/t13-/m0/s1. The van der Waals surface area contributed by atoms with Gasteiger partial charge in [-0.2, -0.15) is 5.10 Å². The van der Waals surface area contributed by atoms with Crippen LogP contribution in [0, 0.1) is 0 Å². The Bertz CT molecular complexity index is 1110. The summed E-state index contributed by atoms with van der Waals surface area (Å²) >= 11 is 0. The van der Waals surface area contributed by atoms with Gasteiger partial charge in [0.05, 0.1) is 35.6 Å². The molecule has 4 rings (SSSR count). The number of benzene rings is 1. The predicted molar refractivity (Wildman–Crippen MR) is 104 cm³/mol. The van der Waals surface area contributed by atoms with Crippen molar-refractivity contribution in [1.29, 1.82) is 0 Å². The monoisotopic (exact) mass is 378 g/mol. The molecule has 0 radical (unpaired) electrons. The van der Waals surface area contributed by atoms with Crippen LogP contribution in [0.4, 0.5) is 0 Å². The molecular weight excluding hydrogens is 356 g/mol. The van der Waals surface area contributed by atoms with Gasteiger partial charge in [0.2, 0.25) is 0 Å². The van der Waals surface area contributed by atoms with Gasteiger partial charge in [-0.05, 0) is 39.0 Å². The second kappa shape index (κ2) is 7.26. The third kappa shape index (κ3) is 3.38. The van der Waals surface area contributed by atoms with Crippen molar-refractivity contribution in [3.05, 3.63) is 60.2 Å². The van der Waals surface area contributed by atoms with Crippen LogP contribution < -0.4 is 5.32 Å². The first-order valence-corrected chi connectivity index (χ1v) is 9.17. The third-order valence-corrected chi connectivity index (χ3v) is 4.62. The van der Waals surface area contributed by atoms with Gasteiger partial charge < -0.3 is 14.5 Å². The summed E-state index contributed by atoms with van der Waals surface area (Å²) in [7, 11) is 0. The minimum absolute atomic E-state index is 0.214. The highest BCUT2D eigenvalue weighted by Gasteiger charge is 2.19. The number of hydrogen-bond donors (Lipinski definition) is 2. The second-order valence-corrected chi connectivity index (χ2v) is 7.02. The number of hydrogen-bond acceptors (Lipinski definition) is 5. The van der Waals surface area contributed by atoms with Gasteiger partial charge in [0.1, 0.15) is 12.0 Å². The summed E-state index contributed by atoms with van der Waals surface area (Å²) in [5, 5.41) is 18.1. The van der Waals surface area contributed by atoms with Gasteiger partial charge in [0.15, 0.2) is 5.82 Å². The fraction of sp³-hybridized carbons (Fsp3) is 0.316. The van der Waals surface area contributed by atoms with E-state index in [2.05, 4.69) is 30.7 Å². The number of rotatable bonds is 6. The number of aromatic nitrogens is 7. The fourth-order valence-electron chi connectivity index (χ4n) is 3.17. The van der Waals surface area contributed by atoms with E-state index in [1.807, 2.05) is 54.2 Å². The largest absolute Gasteiger partial charge is 0.341 e. The first-order chi connectivity index (χ1) is 13.5. The van der Waals surface area contributed by atoms with Crippen LogP contribution in [0.3, 0.4) is 0 Å². The summed E-state index contributed by atoms with van der Waals surface area (Å²) in [4.78, 5) is 17.0. The van der Waals surface area contributed by atoms with Crippen LogP contribution in [0.25, 0.3) is 11.0 Å². The Balaban J connectivity index is 1.46. The molecule has 0 unspecified atom stereocenters. The molecule has 1 amide bonds. The number of para-hydroxylation sites is 2. The average molecular weight is 378 g/mol. The van der Waals surface area contributed by atoms with Crippen LogP contribution >= 0.6 is 0 Å². The van der Waals surface area contributed by atoms with E-state index < -0.39 is 0 Å². The van der Waals surface area contributed by atoms with Crippen molar-refractivity contribution < 1.29 is 4.79 Å². The molecule has 0 saturated heterocycles. The van der Waals surface area contributed by atoms with Crippen molar-refractivity contribution in [2.75, 3.05) is 0 Å². The van der Waals surface area contributed by atoms with E-state index in [4.69, 9.17) is 0 Å². The van der Waals surface area contributed by atoms with Crippen LogP contribution in [-0.4, -0.2) is 40.4 Å². The Hall–Kier alpha value is -3.49. The smallest absolute Gasteiger partial charge is 0.272 e. The van der Waals surface area contributed by atoms with Gasteiger partial charge >= 0.3 is 0 Å². The zero-order valence-corrected chi connectivity index (χ0v) is 16.0. The first kappa shape index (κ1) is 17.9. The summed E-state index contributed by atoms with van der Waals surface area (Å²) in [6.45, 7) is 6.52. The van der Waals surface area contributed by atoms with Gasteiger partial charge in [-0.3, -0.25) is 9.89 Å². The molecule has 1 aromatic carbocycles. The second-order valence-electron chi connectivity index (χ2n) is 7.02. The molecule has 9 heteroatoms. The Morgan fingerprint density at radius 2 is 2.04 bits per heavy atom. The lowest BCUT2D eigenvalue weighted by atomic mass is 10.2. The molecule has 2 N–H and O–H groups in total. The number of nitrogens with one attached hydrogen (secondary N) is 2. The molecular formula is C19H22N8O. The van der Waals surface area contributed by atoms with E-state index >= 15 is 0 Å². The highest BCUT2D eigenvalue weighted by Crippen LogP contribution is 2.16. The number of imidazole rings is 1. The highest BCUT2D eigenvalue weighted by atomic mass is 16.2. The number of carbonyl (C=O) groups excluding carboxylic acids is 1. The Labute approximate surface area is 161 Å². The van der Waals surface area contributed by atoms with Gasteiger partial charge in [-0.25, -0.2) is 4.98 Å². The third-order valence-electron chi connectivity index (χ3n) is 4.62. The molecule has 1 atom stereocenters. The van der Waals surface area contributed by atoms with Gasteiger partial charge in [0.25, 0.3) is 5.91 Å². The lowest BCUT2D eigenvalue weighted by Crippen LogP contribution is -2.29. The number of H-pyrrole nitrogens is 1. The number of nitrogens with zero attached hydrogens (tertiary/aromatic N) is 6. The highest BCUT2D eigenvalue weighted by molar-refractivity contribution is 5.92. The zero-order valence-electron chi connectivity index (χ0n) is 16.0. The lowest BCUT2D eigenvalue weighted by Gasteiger charge is -2.16. The van der Waals surface area contributed by atoms with Crippen LogP contribution in [0.5, 0.6) is 0 Å². The molecule has 3 heterocycles. The molecule has 0 aliphatic carbocycles. The molecule has 3 aromatic heterocycles. The van der Waals surface area contributed by atoms with E-state index in [1.165, 1.54) is 0 Å². The number of carbonyl (C=O) groups is 1. The van der Waals surface area contributed by atoms with Gasteiger partial charge in [-0.15, -0.1) is 10.2 Å². The fourth-order valence-corrected chi connectivity index (χ4v) is 3.17. The maximum absolute atomic E-state index is 12.6. The van der Waals surface area contributed by atoms with E-state index in [-0.39, 0.29) is 18.0 Å². The quantitative estimate of drug-likeness (QED) is 0.536. The lowest BCUT2D eigenvalue weighted by molar-refractivity contribution is 0.0932. The normalized spacial score (nSPS) is 12.6. The first-order valence-electron chi connectivity index (χ1n) is 9.17. The summed E-state index contributed by atoms with van der Waals surface area (Å²) in [6.07, 6.45) is 3.46. The van der Waals surface area contributed by atoms with Crippen molar-refractivity contribution >= 4 is 16.9 Å². The molecule has 0 bridgehead atoms. The molecule has 0 aliphatic heterocycles. The summed E-state index contributed by atoms with van der Waals surface area (Å²) in [6, 6.07) is 9.60. The van der Waals surface area contributed by atoms with Crippen molar-refractivity contribution in [3.63, 3.8) is 0 Å². The molecule has 0 saturated carbocycles. The Morgan fingerprint density at radius 3 is 2.86 bits per heavy atom. The summed E-state index contributed by atoms with van der Waals surface area (Å²) in [5.41, 5.74) is 3.13. The maximum atomic E-state index is 12.6. The maximum Gasteiger partial charge on any atom is 0.272 e. The minimum Gasteiger partial charge on any atom is -0.341 e.